The molecule has 1 aromatic heterocycles. The van der Waals surface area contributed by atoms with Gasteiger partial charge in [0.25, 0.3) is 6.43 Å². The number of esters is 1. The van der Waals surface area contributed by atoms with Gasteiger partial charge in [-0.2, -0.15) is 0 Å². The molecule has 0 aliphatic rings. The van der Waals surface area contributed by atoms with Crippen molar-refractivity contribution >= 4 is 5.97 Å². The van der Waals surface area contributed by atoms with E-state index in [0.29, 0.717) is 5.82 Å². The number of halogens is 2. The molecule has 2 rings (SSSR count). The van der Waals surface area contributed by atoms with Crippen molar-refractivity contribution in [2.45, 2.75) is 6.43 Å². The quantitative estimate of drug-likeness (QED) is 0.796. The Bertz CT molecular complexity index is 544. The van der Waals surface area contributed by atoms with Crippen molar-refractivity contribution in [2.75, 3.05) is 6.61 Å². The number of carbonyl (C=O) groups excluding carboxylic acids is 1. The topological polar surface area (TPSA) is 52.1 Å². The molecule has 19 heavy (non-hydrogen) atoms. The molecule has 2 aromatic rings. The Morgan fingerprint density at radius 2 is 1.79 bits per heavy atom. The van der Waals surface area contributed by atoms with Gasteiger partial charge in [-0.15, -0.1) is 0 Å². The molecular weight excluding hydrogens is 254 g/mol. The van der Waals surface area contributed by atoms with Crippen LogP contribution < -0.4 is 0 Å². The zero-order chi connectivity index (χ0) is 13.7. The number of aromatic nitrogens is 2. The fourth-order valence-corrected chi connectivity index (χ4v) is 1.39. The lowest BCUT2D eigenvalue weighted by molar-refractivity contribution is 0.0159. The summed E-state index contributed by atoms with van der Waals surface area (Å²) in [5, 5.41) is 0. The van der Waals surface area contributed by atoms with Crippen LogP contribution in [0, 0.1) is 0 Å². The van der Waals surface area contributed by atoms with Gasteiger partial charge in [0.05, 0.1) is 5.56 Å². The third kappa shape index (κ3) is 3.54. The molecule has 0 bridgehead atoms. The van der Waals surface area contributed by atoms with Crippen LogP contribution in [0.25, 0.3) is 11.4 Å². The first-order valence-corrected chi connectivity index (χ1v) is 5.49. The summed E-state index contributed by atoms with van der Waals surface area (Å²) in [5.74, 6) is -0.411. The number of nitrogens with zero attached hydrogens (tertiary/aromatic N) is 2. The van der Waals surface area contributed by atoms with Crippen molar-refractivity contribution in [3.05, 3.63) is 48.3 Å². The molecule has 0 saturated carbocycles. The molecule has 98 valence electrons. The standard InChI is InChI=1S/C13H10F2N2O2/c14-11(15)8-19-13(18)10-6-16-12(17-7-10)9-4-2-1-3-5-9/h1-7,11H,8H2. The molecule has 0 fully saturated rings. The molecule has 0 aliphatic carbocycles. The van der Waals surface area contributed by atoms with E-state index in [2.05, 4.69) is 14.7 Å². The summed E-state index contributed by atoms with van der Waals surface area (Å²) in [4.78, 5) is 19.4. The molecule has 0 aliphatic heterocycles. The van der Waals surface area contributed by atoms with Crippen molar-refractivity contribution in [1.29, 1.82) is 0 Å². The van der Waals surface area contributed by atoms with E-state index in [0.717, 1.165) is 5.56 Å². The highest BCUT2D eigenvalue weighted by Crippen LogP contribution is 2.13. The van der Waals surface area contributed by atoms with E-state index in [1.165, 1.54) is 12.4 Å². The summed E-state index contributed by atoms with van der Waals surface area (Å²) in [6.45, 7) is -0.931. The Morgan fingerprint density at radius 1 is 1.16 bits per heavy atom. The lowest BCUT2D eigenvalue weighted by Crippen LogP contribution is -2.12. The highest BCUT2D eigenvalue weighted by molar-refractivity contribution is 5.88. The predicted molar refractivity (Wildman–Crippen MR) is 63.8 cm³/mol. The largest absolute Gasteiger partial charge is 0.456 e. The highest BCUT2D eigenvalue weighted by atomic mass is 19.3. The Hall–Kier alpha value is -2.37. The first-order chi connectivity index (χ1) is 9.16. The van der Waals surface area contributed by atoms with Crippen LogP contribution in [0.5, 0.6) is 0 Å². The second kappa shape index (κ2) is 5.99. The van der Waals surface area contributed by atoms with Gasteiger partial charge in [0.1, 0.15) is 0 Å². The molecule has 0 unspecified atom stereocenters. The van der Waals surface area contributed by atoms with Gasteiger partial charge >= 0.3 is 5.97 Å². The van der Waals surface area contributed by atoms with E-state index in [9.17, 15) is 13.6 Å². The van der Waals surface area contributed by atoms with Crippen LogP contribution in [0.2, 0.25) is 0 Å². The van der Waals surface area contributed by atoms with E-state index in [1.807, 2.05) is 30.3 Å². The maximum Gasteiger partial charge on any atom is 0.341 e. The summed E-state index contributed by atoms with van der Waals surface area (Å²) in [6, 6.07) is 9.18. The minimum atomic E-state index is -2.69. The molecule has 6 heteroatoms. The fraction of sp³-hybridized carbons (Fsp3) is 0.154. The second-order valence-corrected chi connectivity index (χ2v) is 3.65. The molecule has 1 heterocycles. The summed E-state index contributed by atoms with van der Waals surface area (Å²) in [5.41, 5.74) is 0.843. The molecule has 0 atom stereocenters. The zero-order valence-corrected chi connectivity index (χ0v) is 9.79. The number of hydrogen-bond acceptors (Lipinski definition) is 4. The Labute approximate surface area is 108 Å². The molecule has 0 N–H and O–H groups in total. The number of benzene rings is 1. The molecule has 0 spiro atoms. The maximum absolute atomic E-state index is 11.9. The number of carbonyl (C=O) groups is 1. The Kier molecular flexibility index (Phi) is 4.12. The third-order valence-corrected chi connectivity index (χ3v) is 2.26. The summed E-state index contributed by atoms with van der Waals surface area (Å²) < 4.78 is 28.1. The smallest absolute Gasteiger partial charge is 0.341 e. The van der Waals surface area contributed by atoms with Gasteiger partial charge in [-0.05, 0) is 0 Å². The van der Waals surface area contributed by atoms with Crippen molar-refractivity contribution in [2.24, 2.45) is 0 Å². The van der Waals surface area contributed by atoms with Gasteiger partial charge < -0.3 is 4.74 Å². The molecule has 0 amide bonds. The lowest BCUT2D eigenvalue weighted by atomic mass is 10.2. The van der Waals surface area contributed by atoms with Crippen molar-refractivity contribution in [3.63, 3.8) is 0 Å². The average molecular weight is 264 g/mol. The minimum absolute atomic E-state index is 0.0420. The van der Waals surface area contributed by atoms with Crippen molar-refractivity contribution in [1.82, 2.24) is 9.97 Å². The van der Waals surface area contributed by atoms with Crippen molar-refractivity contribution < 1.29 is 18.3 Å². The van der Waals surface area contributed by atoms with E-state index >= 15 is 0 Å². The maximum atomic E-state index is 11.9. The summed E-state index contributed by atoms with van der Waals surface area (Å²) >= 11 is 0. The number of hydrogen-bond donors (Lipinski definition) is 0. The normalized spacial score (nSPS) is 10.5. The third-order valence-electron chi connectivity index (χ3n) is 2.26. The number of rotatable bonds is 4. The van der Waals surface area contributed by atoms with Gasteiger partial charge in [-0.3, -0.25) is 0 Å². The van der Waals surface area contributed by atoms with Crippen LogP contribution in [0.15, 0.2) is 42.7 Å². The van der Waals surface area contributed by atoms with E-state index in [4.69, 9.17) is 0 Å². The summed E-state index contributed by atoms with van der Waals surface area (Å²) in [7, 11) is 0. The van der Waals surface area contributed by atoms with Gasteiger partial charge in [0, 0.05) is 18.0 Å². The van der Waals surface area contributed by atoms with Gasteiger partial charge in [-0.1, -0.05) is 30.3 Å². The Morgan fingerprint density at radius 3 is 2.37 bits per heavy atom. The molecule has 4 nitrogen and oxygen atoms in total. The van der Waals surface area contributed by atoms with E-state index < -0.39 is 19.0 Å². The predicted octanol–water partition coefficient (Wildman–Crippen LogP) is 2.57. The number of alkyl halides is 2. The average Bonchev–Trinajstić information content (AvgIpc) is 2.46. The van der Waals surface area contributed by atoms with Crippen LogP contribution in [0.1, 0.15) is 10.4 Å². The molecule has 0 radical (unpaired) electrons. The van der Waals surface area contributed by atoms with Crippen molar-refractivity contribution in [3.8, 4) is 11.4 Å². The first-order valence-electron chi connectivity index (χ1n) is 5.49. The summed E-state index contributed by atoms with van der Waals surface area (Å²) in [6.07, 6.45) is -0.180. The fourth-order valence-electron chi connectivity index (χ4n) is 1.39. The van der Waals surface area contributed by atoms with Gasteiger partial charge in [-0.25, -0.2) is 23.5 Å². The first kappa shape index (κ1) is 13.1. The van der Waals surface area contributed by atoms with Crippen LogP contribution in [0.3, 0.4) is 0 Å². The molecule has 1 aromatic carbocycles. The Balaban J connectivity index is 2.08. The van der Waals surface area contributed by atoms with Crippen LogP contribution >= 0.6 is 0 Å². The lowest BCUT2D eigenvalue weighted by Gasteiger charge is -2.04. The molecule has 0 saturated heterocycles. The minimum Gasteiger partial charge on any atom is -0.456 e. The molecular formula is C13H10F2N2O2. The number of ether oxygens (including phenoxy) is 1. The van der Waals surface area contributed by atoms with Gasteiger partial charge in [0.15, 0.2) is 12.4 Å². The van der Waals surface area contributed by atoms with Gasteiger partial charge in [0.2, 0.25) is 0 Å². The monoisotopic (exact) mass is 264 g/mol. The zero-order valence-electron chi connectivity index (χ0n) is 9.79. The van der Waals surface area contributed by atoms with Crippen LogP contribution in [-0.2, 0) is 4.74 Å². The van der Waals surface area contributed by atoms with E-state index in [1.54, 1.807) is 0 Å². The highest BCUT2D eigenvalue weighted by Gasteiger charge is 2.12. The second-order valence-electron chi connectivity index (χ2n) is 3.65. The SMILES string of the molecule is O=C(OCC(F)F)c1cnc(-c2ccccc2)nc1. The van der Waals surface area contributed by atoms with Crippen LogP contribution in [-0.4, -0.2) is 29.0 Å². The van der Waals surface area contributed by atoms with E-state index in [-0.39, 0.29) is 5.56 Å². The van der Waals surface area contributed by atoms with Crippen LogP contribution in [0.4, 0.5) is 8.78 Å².